The summed E-state index contributed by atoms with van der Waals surface area (Å²) in [7, 11) is 0. The van der Waals surface area contributed by atoms with Gasteiger partial charge in [0, 0.05) is 17.7 Å². The molecule has 1 amide bonds. The lowest BCUT2D eigenvalue weighted by atomic mass is 10.2. The van der Waals surface area contributed by atoms with Crippen LogP contribution in [-0.4, -0.2) is 16.5 Å². The minimum absolute atomic E-state index is 0.0699. The average Bonchev–Trinajstić information content (AvgIpc) is 2.91. The third-order valence-corrected chi connectivity index (χ3v) is 3.94. The van der Waals surface area contributed by atoms with Crippen molar-refractivity contribution in [1.82, 2.24) is 5.43 Å². The summed E-state index contributed by atoms with van der Waals surface area (Å²) in [6.45, 7) is 1.75. The maximum Gasteiger partial charge on any atom is 0.271 e. The van der Waals surface area contributed by atoms with E-state index in [0.29, 0.717) is 15.6 Å². The lowest BCUT2D eigenvalue weighted by Gasteiger charge is -2.01. The molecule has 6 nitrogen and oxygen atoms in total. The molecule has 0 fully saturated rings. The highest BCUT2D eigenvalue weighted by Crippen LogP contribution is 2.21. The molecule has 1 N–H and O–H groups in total. The zero-order valence-electron chi connectivity index (χ0n) is 10.9. The lowest BCUT2D eigenvalue weighted by molar-refractivity contribution is -0.384. The van der Waals surface area contributed by atoms with Crippen LogP contribution in [-0.2, 0) is 0 Å². The van der Waals surface area contributed by atoms with E-state index in [-0.39, 0.29) is 5.69 Å². The van der Waals surface area contributed by atoms with Gasteiger partial charge in [-0.1, -0.05) is 11.6 Å². The van der Waals surface area contributed by atoms with Crippen LogP contribution in [0.15, 0.2) is 41.5 Å². The van der Waals surface area contributed by atoms with E-state index in [9.17, 15) is 14.9 Å². The van der Waals surface area contributed by atoms with Crippen molar-refractivity contribution < 1.29 is 9.72 Å². The quantitative estimate of drug-likeness (QED) is 0.531. The summed E-state index contributed by atoms with van der Waals surface area (Å²) in [5.41, 5.74) is 3.25. The molecule has 2 aromatic rings. The van der Waals surface area contributed by atoms with Gasteiger partial charge >= 0.3 is 0 Å². The van der Waals surface area contributed by atoms with Gasteiger partial charge in [0.05, 0.1) is 19.8 Å². The molecule has 1 heterocycles. The van der Waals surface area contributed by atoms with E-state index in [4.69, 9.17) is 11.6 Å². The minimum atomic E-state index is -0.523. The second kappa shape index (κ2) is 6.47. The third-order valence-electron chi connectivity index (χ3n) is 2.60. The van der Waals surface area contributed by atoms with Crippen LogP contribution in [0, 0.1) is 10.1 Å². The van der Waals surface area contributed by atoms with E-state index >= 15 is 0 Å². The van der Waals surface area contributed by atoms with Gasteiger partial charge in [0.1, 0.15) is 0 Å². The summed E-state index contributed by atoms with van der Waals surface area (Å²) in [6, 6.07) is 8.85. The highest BCUT2D eigenvalue weighted by Gasteiger charge is 2.09. The van der Waals surface area contributed by atoms with E-state index in [1.54, 1.807) is 13.0 Å². The molecule has 2 rings (SSSR count). The second-order valence-corrected chi connectivity index (χ2v) is 5.76. The van der Waals surface area contributed by atoms with Crippen molar-refractivity contribution in [2.75, 3.05) is 0 Å². The van der Waals surface area contributed by atoms with Crippen molar-refractivity contribution in [3.63, 3.8) is 0 Å². The van der Waals surface area contributed by atoms with Gasteiger partial charge in [-0.3, -0.25) is 14.9 Å². The Morgan fingerprint density at radius 1 is 1.29 bits per heavy atom. The number of carbonyl (C=O) groups excluding carboxylic acids is 1. The second-order valence-electron chi connectivity index (χ2n) is 4.05. The van der Waals surface area contributed by atoms with Crippen LogP contribution in [0.2, 0.25) is 4.34 Å². The summed E-state index contributed by atoms with van der Waals surface area (Å²) in [4.78, 5) is 22.7. The Labute approximate surface area is 129 Å². The first kappa shape index (κ1) is 15.1. The molecule has 0 bridgehead atoms. The van der Waals surface area contributed by atoms with Gasteiger partial charge in [0.2, 0.25) is 0 Å². The molecule has 0 spiro atoms. The summed E-state index contributed by atoms with van der Waals surface area (Å²) in [5.74, 6) is -0.438. The van der Waals surface area contributed by atoms with Crippen LogP contribution in [0.1, 0.15) is 22.2 Å². The fourth-order valence-corrected chi connectivity index (χ4v) is 2.49. The van der Waals surface area contributed by atoms with E-state index in [1.165, 1.54) is 35.6 Å². The van der Waals surface area contributed by atoms with Crippen LogP contribution in [0.5, 0.6) is 0 Å². The maximum atomic E-state index is 11.9. The molecular weight excluding hydrogens is 314 g/mol. The van der Waals surface area contributed by atoms with Crippen LogP contribution in [0.3, 0.4) is 0 Å². The van der Waals surface area contributed by atoms with Gasteiger partial charge in [-0.05, 0) is 31.2 Å². The Hall–Kier alpha value is -2.25. The monoisotopic (exact) mass is 323 g/mol. The number of benzene rings is 1. The molecule has 0 atom stereocenters. The highest BCUT2D eigenvalue weighted by molar-refractivity contribution is 7.18. The molecule has 108 valence electrons. The molecule has 21 heavy (non-hydrogen) atoms. The molecule has 0 aliphatic rings. The van der Waals surface area contributed by atoms with E-state index < -0.39 is 10.8 Å². The number of hydrogen-bond donors (Lipinski definition) is 1. The van der Waals surface area contributed by atoms with Crippen molar-refractivity contribution >= 4 is 40.2 Å². The van der Waals surface area contributed by atoms with Crippen molar-refractivity contribution in [3.05, 3.63) is 61.3 Å². The van der Waals surface area contributed by atoms with Gasteiger partial charge in [-0.2, -0.15) is 5.10 Å². The van der Waals surface area contributed by atoms with Gasteiger partial charge in [-0.25, -0.2) is 5.43 Å². The third kappa shape index (κ3) is 3.87. The first-order valence-corrected chi connectivity index (χ1v) is 7.01. The number of rotatable bonds is 4. The SMILES string of the molecule is C/C(=N/NC(=O)c1ccc([N+](=O)[O-])cc1)c1ccc(Cl)s1. The molecule has 1 aromatic carbocycles. The first-order valence-electron chi connectivity index (χ1n) is 5.82. The van der Waals surface area contributed by atoms with Crippen molar-refractivity contribution in [1.29, 1.82) is 0 Å². The van der Waals surface area contributed by atoms with Gasteiger partial charge < -0.3 is 0 Å². The summed E-state index contributed by atoms with van der Waals surface area (Å²) in [6.07, 6.45) is 0. The predicted octanol–water partition coefficient (Wildman–Crippen LogP) is 3.46. The number of nitro groups is 1. The Kier molecular flexibility index (Phi) is 4.66. The number of hydrogen-bond acceptors (Lipinski definition) is 5. The van der Waals surface area contributed by atoms with Crippen LogP contribution < -0.4 is 5.43 Å². The highest BCUT2D eigenvalue weighted by atomic mass is 35.5. The number of nitrogens with zero attached hydrogens (tertiary/aromatic N) is 2. The normalized spacial score (nSPS) is 11.2. The molecule has 0 saturated heterocycles. The minimum Gasteiger partial charge on any atom is -0.267 e. The summed E-state index contributed by atoms with van der Waals surface area (Å²) in [5, 5.41) is 14.5. The largest absolute Gasteiger partial charge is 0.271 e. The fraction of sp³-hybridized carbons (Fsp3) is 0.0769. The number of nitrogens with one attached hydrogen (secondary N) is 1. The lowest BCUT2D eigenvalue weighted by Crippen LogP contribution is -2.19. The van der Waals surface area contributed by atoms with E-state index in [2.05, 4.69) is 10.5 Å². The van der Waals surface area contributed by atoms with Crippen LogP contribution >= 0.6 is 22.9 Å². The Bertz CT molecular complexity index is 710. The molecule has 0 aliphatic carbocycles. The number of halogens is 1. The predicted molar refractivity (Wildman–Crippen MR) is 82.1 cm³/mol. The number of amides is 1. The van der Waals surface area contributed by atoms with Gasteiger partial charge in [0.25, 0.3) is 11.6 Å². The Morgan fingerprint density at radius 3 is 2.48 bits per heavy atom. The number of carbonyl (C=O) groups is 1. The summed E-state index contributed by atoms with van der Waals surface area (Å²) >= 11 is 7.18. The molecule has 0 radical (unpaired) electrons. The van der Waals surface area contributed by atoms with Crippen molar-refractivity contribution in [2.45, 2.75) is 6.92 Å². The molecular formula is C13H10ClN3O3S. The van der Waals surface area contributed by atoms with Crippen LogP contribution in [0.4, 0.5) is 5.69 Å². The molecule has 8 heteroatoms. The number of nitro benzene ring substituents is 1. The van der Waals surface area contributed by atoms with Crippen molar-refractivity contribution in [2.24, 2.45) is 5.10 Å². The van der Waals surface area contributed by atoms with Crippen LogP contribution in [0.25, 0.3) is 0 Å². The van der Waals surface area contributed by atoms with Crippen molar-refractivity contribution in [3.8, 4) is 0 Å². The first-order chi connectivity index (χ1) is 9.97. The Balaban J connectivity index is 2.06. The van der Waals surface area contributed by atoms with E-state index in [1.807, 2.05) is 6.07 Å². The zero-order valence-corrected chi connectivity index (χ0v) is 12.4. The smallest absolute Gasteiger partial charge is 0.267 e. The summed E-state index contributed by atoms with van der Waals surface area (Å²) < 4.78 is 0.640. The fourth-order valence-electron chi connectivity index (χ4n) is 1.50. The molecule has 0 saturated carbocycles. The van der Waals surface area contributed by atoms with E-state index in [0.717, 1.165) is 4.88 Å². The molecule has 0 unspecified atom stereocenters. The standard InChI is InChI=1S/C13H10ClN3O3S/c1-8(11-6-7-12(14)21-11)15-16-13(18)9-2-4-10(5-3-9)17(19)20/h2-7H,1H3,(H,16,18)/b15-8-. The maximum absolute atomic E-state index is 11.9. The van der Waals surface area contributed by atoms with Gasteiger partial charge in [0.15, 0.2) is 0 Å². The molecule has 0 aliphatic heterocycles. The zero-order chi connectivity index (χ0) is 15.4. The Morgan fingerprint density at radius 2 is 1.95 bits per heavy atom. The molecule has 1 aromatic heterocycles. The topological polar surface area (TPSA) is 84.6 Å². The number of non-ortho nitro benzene ring substituents is 1. The number of hydrazone groups is 1. The van der Waals surface area contributed by atoms with Gasteiger partial charge in [-0.15, -0.1) is 11.3 Å². The average molecular weight is 324 g/mol. The number of thiophene rings is 1.